The first-order chi connectivity index (χ1) is 16.6. The Morgan fingerprint density at radius 3 is 2.40 bits per heavy atom. The summed E-state index contributed by atoms with van der Waals surface area (Å²) in [5.74, 6) is 1.26. The van der Waals surface area contributed by atoms with Crippen molar-refractivity contribution in [2.75, 3.05) is 11.9 Å². The summed E-state index contributed by atoms with van der Waals surface area (Å²) in [6.45, 7) is 10.00. The van der Waals surface area contributed by atoms with Crippen molar-refractivity contribution in [3.05, 3.63) is 71.5 Å². The summed E-state index contributed by atoms with van der Waals surface area (Å²) in [7, 11) is 1.65. The third-order valence-electron chi connectivity index (χ3n) is 5.56. The van der Waals surface area contributed by atoms with Gasteiger partial charge in [-0.25, -0.2) is 9.78 Å². The van der Waals surface area contributed by atoms with Crippen molar-refractivity contribution < 1.29 is 13.9 Å². The number of oxazole rings is 1. The Labute approximate surface area is 205 Å². The lowest BCUT2D eigenvalue weighted by Gasteiger charge is -2.29. The lowest BCUT2D eigenvalue weighted by atomic mass is 9.96. The molecule has 0 aliphatic rings. The van der Waals surface area contributed by atoms with E-state index in [1.54, 1.807) is 17.8 Å². The second kappa shape index (κ2) is 9.41. The highest BCUT2D eigenvalue weighted by Gasteiger charge is 2.28. The van der Waals surface area contributed by atoms with Gasteiger partial charge in [0.1, 0.15) is 11.4 Å². The fraction of sp³-hybridized carbons (Fsp3) is 0.321. The maximum absolute atomic E-state index is 13.8. The van der Waals surface area contributed by atoms with Gasteiger partial charge >= 0.3 is 6.09 Å². The summed E-state index contributed by atoms with van der Waals surface area (Å²) in [6.07, 6.45) is 2.48. The van der Waals surface area contributed by atoms with E-state index in [0.29, 0.717) is 23.5 Å². The average molecular weight is 474 g/mol. The third kappa shape index (κ3) is 4.99. The third-order valence-corrected chi connectivity index (χ3v) is 5.56. The number of carbonyl (C=O) groups excluding carboxylic acids is 1. The maximum atomic E-state index is 13.8. The molecule has 4 aromatic rings. The second-order valence-electron chi connectivity index (χ2n) is 10.0. The van der Waals surface area contributed by atoms with E-state index < -0.39 is 11.7 Å². The molecule has 1 amide bonds. The van der Waals surface area contributed by atoms with Crippen molar-refractivity contribution in [1.82, 2.24) is 9.55 Å². The molecule has 35 heavy (non-hydrogen) atoms. The van der Waals surface area contributed by atoms with Crippen LogP contribution in [0.2, 0.25) is 0 Å². The van der Waals surface area contributed by atoms with E-state index in [1.807, 2.05) is 83.1 Å². The van der Waals surface area contributed by atoms with Crippen LogP contribution >= 0.6 is 0 Å². The van der Waals surface area contributed by atoms with Gasteiger partial charge < -0.3 is 9.15 Å². The minimum atomic E-state index is -0.683. The largest absolute Gasteiger partial charge is 0.444 e. The van der Waals surface area contributed by atoms with Crippen LogP contribution in [0.1, 0.15) is 34.6 Å². The number of pyridine rings is 1. The summed E-state index contributed by atoms with van der Waals surface area (Å²) < 4.78 is 12.9. The van der Waals surface area contributed by atoms with Gasteiger partial charge in [0.05, 0.1) is 6.20 Å². The van der Waals surface area contributed by atoms with Crippen LogP contribution in [0.5, 0.6) is 0 Å². The van der Waals surface area contributed by atoms with Crippen LogP contribution < -0.4 is 10.5 Å². The molecule has 7 nitrogen and oxygen atoms in total. The summed E-state index contributed by atoms with van der Waals surface area (Å²) in [5.41, 5.74) is 1.60. The molecular formula is C28H31N3O4. The summed E-state index contributed by atoms with van der Waals surface area (Å²) in [4.78, 5) is 32.5. The van der Waals surface area contributed by atoms with Gasteiger partial charge in [-0.1, -0.05) is 50.2 Å². The van der Waals surface area contributed by atoms with E-state index in [-0.39, 0.29) is 11.5 Å². The number of nitrogens with zero attached hydrogens (tertiary/aromatic N) is 3. The molecule has 0 unspecified atom stereocenters. The highest BCUT2D eigenvalue weighted by Crippen LogP contribution is 2.38. The number of hydrogen-bond donors (Lipinski definition) is 0. The SMILES string of the molecule is CC(C)Cn1c(N(C)C(=O)OC(C)(C)C)c(-c2ccccc2)c2cc(-c3cnco3)ccc2c1=O. The van der Waals surface area contributed by atoms with E-state index in [2.05, 4.69) is 4.98 Å². The number of carbonyl (C=O) groups is 1. The zero-order valence-electron chi connectivity index (χ0n) is 21.0. The monoisotopic (exact) mass is 473 g/mol. The van der Waals surface area contributed by atoms with Gasteiger partial charge in [0.25, 0.3) is 5.56 Å². The molecule has 0 bridgehead atoms. The van der Waals surface area contributed by atoms with Crippen LogP contribution in [0.4, 0.5) is 10.6 Å². The fourth-order valence-electron chi connectivity index (χ4n) is 4.14. The predicted octanol–water partition coefficient (Wildman–Crippen LogP) is 6.35. The highest BCUT2D eigenvalue weighted by molar-refractivity contribution is 6.06. The lowest BCUT2D eigenvalue weighted by Crippen LogP contribution is -2.38. The molecule has 0 aliphatic heterocycles. The number of ether oxygens (including phenoxy) is 1. The summed E-state index contributed by atoms with van der Waals surface area (Å²) >= 11 is 0. The molecule has 4 rings (SSSR count). The van der Waals surface area contributed by atoms with Gasteiger partial charge in [-0.3, -0.25) is 14.3 Å². The van der Waals surface area contributed by atoms with E-state index >= 15 is 0 Å². The van der Waals surface area contributed by atoms with Crippen molar-refractivity contribution in [3.8, 4) is 22.5 Å². The highest BCUT2D eigenvalue weighted by atomic mass is 16.6. The zero-order chi connectivity index (χ0) is 25.3. The lowest BCUT2D eigenvalue weighted by molar-refractivity contribution is 0.0587. The standard InChI is InChI=1S/C28H31N3O4/c1-18(2)16-31-25(30(6)27(33)35-28(3,4)5)24(19-10-8-7-9-11-19)22-14-20(23-15-29-17-34-23)12-13-21(22)26(31)32/h7-15,17-18H,16H2,1-6H3. The molecule has 2 aromatic heterocycles. The van der Waals surface area contributed by atoms with Gasteiger partial charge in [0.15, 0.2) is 12.2 Å². The van der Waals surface area contributed by atoms with Crippen molar-refractivity contribution >= 4 is 22.7 Å². The van der Waals surface area contributed by atoms with Gasteiger partial charge in [-0.15, -0.1) is 0 Å². The molecule has 182 valence electrons. The molecule has 0 saturated carbocycles. The molecule has 0 aliphatic carbocycles. The number of hydrogen-bond acceptors (Lipinski definition) is 5. The normalized spacial score (nSPS) is 11.7. The average Bonchev–Trinajstić information content (AvgIpc) is 3.34. The van der Waals surface area contributed by atoms with Crippen molar-refractivity contribution in [2.24, 2.45) is 5.92 Å². The number of fused-ring (bicyclic) bond motifs is 1. The Morgan fingerprint density at radius 2 is 1.80 bits per heavy atom. The van der Waals surface area contributed by atoms with Crippen molar-refractivity contribution in [3.63, 3.8) is 0 Å². The molecule has 2 aromatic carbocycles. The molecule has 0 fully saturated rings. The fourth-order valence-corrected chi connectivity index (χ4v) is 4.14. The zero-order valence-corrected chi connectivity index (χ0v) is 21.0. The quantitative estimate of drug-likeness (QED) is 0.337. The van der Waals surface area contributed by atoms with Gasteiger partial charge in [0.2, 0.25) is 0 Å². The summed E-state index contributed by atoms with van der Waals surface area (Å²) in [5, 5.41) is 1.29. The van der Waals surface area contributed by atoms with Crippen LogP contribution in [0.25, 0.3) is 33.2 Å². The Balaban J connectivity index is 2.10. The first-order valence-electron chi connectivity index (χ1n) is 11.7. The van der Waals surface area contributed by atoms with E-state index in [9.17, 15) is 9.59 Å². The molecular weight excluding hydrogens is 442 g/mol. The molecule has 7 heteroatoms. The Hall–Kier alpha value is -3.87. The Kier molecular flexibility index (Phi) is 6.52. The number of benzene rings is 2. The van der Waals surface area contributed by atoms with Crippen LogP contribution in [-0.2, 0) is 11.3 Å². The predicted molar refractivity (Wildman–Crippen MR) is 139 cm³/mol. The van der Waals surface area contributed by atoms with Gasteiger partial charge in [0, 0.05) is 30.1 Å². The van der Waals surface area contributed by atoms with Crippen LogP contribution in [0, 0.1) is 5.92 Å². The van der Waals surface area contributed by atoms with Crippen LogP contribution in [0.3, 0.4) is 0 Å². The van der Waals surface area contributed by atoms with Crippen molar-refractivity contribution in [2.45, 2.75) is 46.8 Å². The molecule has 0 saturated heterocycles. The molecule has 0 atom stereocenters. The first kappa shape index (κ1) is 24.3. The second-order valence-corrected chi connectivity index (χ2v) is 10.0. The smallest absolute Gasteiger partial charge is 0.415 e. The minimum Gasteiger partial charge on any atom is -0.444 e. The summed E-state index contributed by atoms with van der Waals surface area (Å²) in [6, 6.07) is 15.4. The topological polar surface area (TPSA) is 77.6 Å². The Morgan fingerprint density at radius 1 is 1.09 bits per heavy atom. The Bertz CT molecular complexity index is 1400. The molecule has 2 heterocycles. The van der Waals surface area contributed by atoms with E-state index in [4.69, 9.17) is 9.15 Å². The maximum Gasteiger partial charge on any atom is 0.415 e. The van der Waals surface area contributed by atoms with Crippen molar-refractivity contribution in [1.29, 1.82) is 0 Å². The van der Waals surface area contributed by atoms with Crippen LogP contribution in [0.15, 0.2) is 70.3 Å². The van der Waals surface area contributed by atoms with Gasteiger partial charge in [-0.05, 0) is 49.8 Å². The first-order valence-corrected chi connectivity index (χ1v) is 11.7. The number of anilines is 1. The van der Waals surface area contributed by atoms with E-state index in [1.165, 1.54) is 11.3 Å². The number of rotatable bonds is 5. The molecule has 0 radical (unpaired) electrons. The molecule has 0 N–H and O–H groups in total. The van der Waals surface area contributed by atoms with Gasteiger partial charge in [-0.2, -0.15) is 0 Å². The number of aromatic nitrogens is 2. The molecule has 0 spiro atoms. The van der Waals surface area contributed by atoms with E-state index in [0.717, 1.165) is 22.1 Å². The number of amides is 1. The van der Waals surface area contributed by atoms with Crippen LogP contribution in [-0.4, -0.2) is 28.3 Å². The minimum absolute atomic E-state index is 0.164.